The maximum atomic E-state index is 9.78. The zero-order valence-electron chi connectivity index (χ0n) is 7.17. The normalized spacial score (nSPS) is 17.5. The third-order valence-corrected chi connectivity index (χ3v) is 2.60. The summed E-state index contributed by atoms with van der Waals surface area (Å²) in [6.07, 6.45) is 1.80. The largest absolute Gasteiger partial charge is 0.502 e. The smallest absolute Gasteiger partial charge is 0.201 e. The Hall–Kier alpha value is -1.38. The van der Waals surface area contributed by atoms with E-state index in [4.69, 9.17) is 9.47 Å². The third kappa shape index (κ3) is 0.842. The van der Waals surface area contributed by atoms with E-state index >= 15 is 0 Å². The van der Waals surface area contributed by atoms with Crippen molar-refractivity contribution in [2.75, 3.05) is 13.2 Å². The van der Waals surface area contributed by atoms with Crippen molar-refractivity contribution in [2.45, 2.75) is 12.8 Å². The zero-order chi connectivity index (χ0) is 8.84. The summed E-state index contributed by atoms with van der Waals surface area (Å²) in [6, 6.07) is 2.09. The van der Waals surface area contributed by atoms with E-state index in [0.717, 1.165) is 24.0 Å². The molecule has 2 aliphatic rings. The number of phenols is 1. The van der Waals surface area contributed by atoms with Crippen LogP contribution in [0.15, 0.2) is 6.07 Å². The second-order valence-corrected chi connectivity index (χ2v) is 3.40. The fourth-order valence-corrected chi connectivity index (χ4v) is 1.97. The van der Waals surface area contributed by atoms with Crippen LogP contribution in [0, 0.1) is 0 Å². The lowest BCUT2D eigenvalue weighted by molar-refractivity contribution is 0.308. The van der Waals surface area contributed by atoms with Crippen LogP contribution in [-0.2, 0) is 12.8 Å². The summed E-state index contributed by atoms with van der Waals surface area (Å²) in [5.74, 6) is 1.45. The number of aromatic hydroxyl groups is 1. The van der Waals surface area contributed by atoms with Gasteiger partial charge in [-0.25, -0.2) is 0 Å². The molecule has 3 heteroatoms. The predicted molar refractivity (Wildman–Crippen MR) is 46.5 cm³/mol. The molecule has 0 spiro atoms. The summed E-state index contributed by atoms with van der Waals surface area (Å²) >= 11 is 0. The molecule has 0 aliphatic carbocycles. The van der Waals surface area contributed by atoms with Gasteiger partial charge in [0.2, 0.25) is 5.75 Å². The highest BCUT2D eigenvalue weighted by atomic mass is 16.5. The monoisotopic (exact) mass is 178 g/mol. The van der Waals surface area contributed by atoms with Crippen LogP contribution in [0.1, 0.15) is 11.1 Å². The Morgan fingerprint density at radius 2 is 1.54 bits per heavy atom. The van der Waals surface area contributed by atoms with Gasteiger partial charge >= 0.3 is 0 Å². The van der Waals surface area contributed by atoms with Gasteiger partial charge in [-0.05, 0) is 6.07 Å². The second-order valence-electron chi connectivity index (χ2n) is 3.40. The Kier molecular flexibility index (Phi) is 1.26. The molecule has 2 heterocycles. The van der Waals surface area contributed by atoms with Crippen LogP contribution in [0.3, 0.4) is 0 Å². The van der Waals surface area contributed by atoms with Crippen molar-refractivity contribution in [1.82, 2.24) is 0 Å². The Balaban J connectivity index is 2.26. The van der Waals surface area contributed by atoms with E-state index < -0.39 is 0 Å². The van der Waals surface area contributed by atoms with Gasteiger partial charge < -0.3 is 14.6 Å². The van der Waals surface area contributed by atoms with E-state index in [1.165, 1.54) is 0 Å². The molecule has 0 fully saturated rings. The molecule has 1 N–H and O–H groups in total. The number of benzene rings is 1. The molecule has 1 aromatic rings. The first kappa shape index (κ1) is 7.06. The van der Waals surface area contributed by atoms with Gasteiger partial charge in [-0.1, -0.05) is 0 Å². The van der Waals surface area contributed by atoms with Gasteiger partial charge in [0.25, 0.3) is 0 Å². The van der Waals surface area contributed by atoms with Gasteiger partial charge in [0.1, 0.15) is 0 Å². The van der Waals surface area contributed by atoms with Crippen molar-refractivity contribution in [3.8, 4) is 17.2 Å². The highest BCUT2D eigenvalue weighted by Gasteiger charge is 2.26. The van der Waals surface area contributed by atoms with Crippen LogP contribution in [0.4, 0.5) is 0 Å². The van der Waals surface area contributed by atoms with Crippen molar-refractivity contribution in [3.63, 3.8) is 0 Å². The van der Waals surface area contributed by atoms with Crippen molar-refractivity contribution < 1.29 is 14.6 Å². The highest BCUT2D eigenvalue weighted by Crippen LogP contribution is 2.46. The summed E-state index contributed by atoms with van der Waals surface area (Å²) in [5, 5.41) is 9.78. The molecular weight excluding hydrogens is 168 g/mol. The first-order chi connectivity index (χ1) is 6.36. The van der Waals surface area contributed by atoms with Crippen LogP contribution < -0.4 is 9.47 Å². The number of ether oxygens (including phenoxy) is 2. The fraction of sp³-hybridized carbons (Fsp3) is 0.400. The molecule has 0 atom stereocenters. The molecule has 0 saturated heterocycles. The molecule has 1 aromatic carbocycles. The summed E-state index contributed by atoms with van der Waals surface area (Å²) in [6.45, 7) is 1.34. The molecule has 68 valence electrons. The van der Waals surface area contributed by atoms with Crippen molar-refractivity contribution in [3.05, 3.63) is 17.2 Å². The van der Waals surface area contributed by atoms with E-state index in [9.17, 15) is 5.11 Å². The Morgan fingerprint density at radius 1 is 1.00 bits per heavy atom. The summed E-state index contributed by atoms with van der Waals surface area (Å²) < 4.78 is 10.6. The van der Waals surface area contributed by atoms with Crippen molar-refractivity contribution >= 4 is 0 Å². The molecule has 3 nitrogen and oxygen atoms in total. The SMILES string of the molecule is Oc1c2c(cc3c1OCC3)CCO2. The number of phenolic OH excluding ortho intramolecular Hbond substituents is 1. The molecule has 0 saturated carbocycles. The van der Waals surface area contributed by atoms with E-state index in [-0.39, 0.29) is 5.75 Å². The first-order valence-corrected chi connectivity index (χ1v) is 4.49. The molecule has 13 heavy (non-hydrogen) atoms. The maximum Gasteiger partial charge on any atom is 0.201 e. The Labute approximate surface area is 75.9 Å². The summed E-state index contributed by atoms with van der Waals surface area (Å²) in [7, 11) is 0. The molecule has 0 bridgehead atoms. The molecule has 3 rings (SSSR count). The second kappa shape index (κ2) is 2.31. The predicted octanol–water partition coefficient (Wildman–Crippen LogP) is 1.26. The van der Waals surface area contributed by atoms with Gasteiger partial charge in [-0.2, -0.15) is 0 Å². The van der Waals surface area contributed by atoms with Gasteiger partial charge in [-0.3, -0.25) is 0 Å². The van der Waals surface area contributed by atoms with Gasteiger partial charge in [-0.15, -0.1) is 0 Å². The Bertz CT molecular complexity index is 339. The lowest BCUT2D eigenvalue weighted by Crippen LogP contribution is -1.89. The van der Waals surface area contributed by atoms with Crippen LogP contribution in [-0.4, -0.2) is 18.3 Å². The van der Waals surface area contributed by atoms with Gasteiger partial charge in [0.15, 0.2) is 11.5 Å². The molecular formula is C10H10O3. The highest BCUT2D eigenvalue weighted by molar-refractivity contribution is 5.61. The lowest BCUT2D eigenvalue weighted by atomic mass is 10.1. The van der Waals surface area contributed by atoms with Crippen LogP contribution in [0.25, 0.3) is 0 Å². The molecule has 0 unspecified atom stereocenters. The van der Waals surface area contributed by atoms with Crippen molar-refractivity contribution in [1.29, 1.82) is 0 Å². The number of hydrogen-bond acceptors (Lipinski definition) is 3. The number of fused-ring (bicyclic) bond motifs is 2. The minimum absolute atomic E-state index is 0.197. The van der Waals surface area contributed by atoms with Gasteiger partial charge in [0.05, 0.1) is 13.2 Å². The van der Waals surface area contributed by atoms with Crippen molar-refractivity contribution in [2.24, 2.45) is 0 Å². The van der Waals surface area contributed by atoms with Crippen LogP contribution >= 0.6 is 0 Å². The van der Waals surface area contributed by atoms with E-state index in [1.54, 1.807) is 0 Å². The summed E-state index contributed by atoms with van der Waals surface area (Å²) in [4.78, 5) is 0. The standard InChI is InChI=1S/C10H10O3/c11-8-9-6(1-3-12-9)5-7-2-4-13-10(7)8/h5,11H,1-4H2. The summed E-state index contributed by atoms with van der Waals surface area (Å²) in [5.41, 5.74) is 2.23. The first-order valence-electron chi connectivity index (χ1n) is 4.49. The quantitative estimate of drug-likeness (QED) is 0.650. The minimum atomic E-state index is 0.197. The molecule has 0 aromatic heterocycles. The molecule has 0 radical (unpaired) electrons. The molecule has 2 aliphatic heterocycles. The minimum Gasteiger partial charge on any atom is -0.502 e. The Morgan fingerprint density at radius 3 is 2.08 bits per heavy atom. The average molecular weight is 178 g/mol. The number of rotatable bonds is 0. The van der Waals surface area contributed by atoms with Gasteiger partial charge in [0, 0.05) is 24.0 Å². The topological polar surface area (TPSA) is 38.7 Å². The number of hydrogen-bond donors (Lipinski definition) is 1. The van der Waals surface area contributed by atoms with E-state index in [0.29, 0.717) is 24.7 Å². The van der Waals surface area contributed by atoms with E-state index in [2.05, 4.69) is 6.07 Å². The van der Waals surface area contributed by atoms with Crippen LogP contribution in [0.2, 0.25) is 0 Å². The van der Waals surface area contributed by atoms with Crippen LogP contribution in [0.5, 0.6) is 17.2 Å². The molecule has 0 amide bonds. The zero-order valence-corrected chi connectivity index (χ0v) is 7.17. The lowest BCUT2D eigenvalue weighted by Gasteiger charge is -2.06. The third-order valence-electron chi connectivity index (χ3n) is 2.60. The van der Waals surface area contributed by atoms with E-state index in [1.807, 2.05) is 0 Å². The fourth-order valence-electron chi connectivity index (χ4n) is 1.97. The average Bonchev–Trinajstić information content (AvgIpc) is 2.71. The maximum absolute atomic E-state index is 9.78.